The van der Waals surface area contributed by atoms with E-state index in [1.165, 1.54) is 23.9 Å². The number of hydrogen-bond donors (Lipinski definition) is 2. The van der Waals surface area contributed by atoms with E-state index in [9.17, 15) is 9.59 Å². The maximum absolute atomic E-state index is 12.3. The molecule has 1 aromatic carbocycles. The minimum absolute atomic E-state index is 0.244. The van der Waals surface area contributed by atoms with E-state index in [0.717, 1.165) is 11.3 Å². The van der Waals surface area contributed by atoms with E-state index < -0.39 is 0 Å². The molecule has 6 nitrogen and oxygen atoms in total. The van der Waals surface area contributed by atoms with Gasteiger partial charge in [0, 0.05) is 18.3 Å². The molecule has 0 atom stereocenters. The standard InChI is InChI=1S/C18H18N4O2/c1-12-4-3-5-14(8-12)11-22-16(9-13(2)21-22)20-18(24)15-6-7-17(23)19-10-15/h3-10H,11H2,1-2H3,(H,19,23)(H,20,24). The number of amides is 1. The number of pyridine rings is 1. The Morgan fingerprint density at radius 3 is 2.75 bits per heavy atom. The van der Waals surface area contributed by atoms with Gasteiger partial charge in [-0.1, -0.05) is 29.8 Å². The second-order valence-corrected chi connectivity index (χ2v) is 5.71. The van der Waals surface area contributed by atoms with Crippen LogP contribution in [0.4, 0.5) is 5.82 Å². The van der Waals surface area contributed by atoms with E-state index in [0.29, 0.717) is 17.9 Å². The number of hydrogen-bond acceptors (Lipinski definition) is 3. The van der Waals surface area contributed by atoms with E-state index in [-0.39, 0.29) is 11.5 Å². The maximum atomic E-state index is 12.3. The van der Waals surface area contributed by atoms with Crippen LogP contribution >= 0.6 is 0 Å². The number of aryl methyl sites for hydroxylation is 2. The highest BCUT2D eigenvalue weighted by Crippen LogP contribution is 2.15. The number of rotatable bonds is 4. The molecular formula is C18H18N4O2. The zero-order chi connectivity index (χ0) is 17.1. The number of nitrogens with zero attached hydrogens (tertiary/aromatic N) is 2. The number of anilines is 1. The fraction of sp³-hybridized carbons (Fsp3) is 0.167. The lowest BCUT2D eigenvalue weighted by molar-refractivity contribution is 0.102. The number of H-pyrrole nitrogens is 1. The van der Waals surface area contributed by atoms with Crippen LogP contribution in [0.1, 0.15) is 27.2 Å². The van der Waals surface area contributed by atoms with Crippen LogP contribution < -0.4 is 10.9 Å². The summed E-state index contributed by atoms with van der Waals surface area (Å²) in [7, 11) is 0. The van der Waals surface area contributed by atoms with Crippen molar-refractivity contribution in [3.63, 3.8) is 0 Å². The first-order valence-corrected chi connectivity index (χ1v) is 7.61. The highest BCUT2D eigenvalue weighted by atomic mass is 16.2. The van der Waals surface area contributed by atoms with Gasteiger partial charge in [0.2, 0.25) is 5.56 Å². The van der Waals surface area contributed by atoms with E-state index in [2.05, 4.69) is 21.5 Å². The van der Waals surface area contributed by atoms with Crippen molar-refractivity contribution in [1.82, 2.24) is 14.8 Å². The van der Waals surface area contributed by atoms with Crippen LogP contribution in [0.15, 0.2) is 53.5 Å². The topological polar surface area (TPSA) is 79.8 Å². The predicted molar refractivity (Wildman–Crippen MR) is 92.3 cm³/mol. The number of aromatic nitrogens is 3. The fourth-order valence-electron chi connectivity index (χ4n) is 2.49. The molecule has 0 unspecified atom stereocenters. The molecule has 0 saturated carbocycles. The molecule has 2 heterocycles. The lowest BCUT2D eigenvalue weighted by atomic mass is 10.1. The summed E-state index contributed by atoms with van der Waals surface area (Å²) in [4.78, 5) is 25.9. The molecule has 0 aliphatic carbocycles. The summed E-state index contributed by atoms with van der Waals surface area (Å²) in [6.45, 7) is 4.48. The van der Waals surface area contributed by atoms with Crippen LogP contribution in [0.25, 0.3) is 0 Å². The molecule has 0 fully saturated rings. The van der Waals surface area contributed by atoms with Crippen molar-refractivity contribution in [2.24, 2.45) is 0 Å². The number of nitrogens with one attached hydrogen (secondary N) is 2. The van der Waals surface area contributed by atoms with E-state index >= 15 is 0 Å². The summed E-state index contributed by atoms with van der Waals surface area (Å²) in [5.74, 6) is 0.321. The molecule has 0 bridgehead atoms. The number of aromatic amines is 1. The van der Waals surface area contributed by atoms with Crippen molar-refractivity contribution < 1.29 is 4.79 Å². The second-order valence-electron chi connectivity index (χ2n) is 5.71. The predicted octanol–water partition coefficient (Wildman–Crippen LogP) is 2.49. The Morgan fingerprint density at radius 2 is 2.04 bits per heavy atom. The van der Waals surface area contributed by atoms with E-state index in [1.807, 2.05) is 38.1 Å². The Kier molecular flexibility index (Phi) is 4.29. The van der Waals surface area contributed by atoms with Gasteiger partial charge in [-0.15, -0.1) is 0 Å². The van der Waals surface area contributed by atoms with Gasteiger partial charge in [0.25, 0.3) is 5.91 Å². The Bertz CT molecular complexity index is 920. The van der Waals surface area contributed by atoms with E-state index in [1.54, 1.807) is 4.68 Å². The van der Waals surface area contributed by atoms with Crippen LogP contribution in [0.2, 0.25) is 0 Å². The van der Waals surface area contributed by atoms with Gasteiger partial charge in [-0.05, 0) is 25.5 Å². The zero-order valence-corrected chi connectivity index (χ0v) is 13.5. The average molecular weight is 322 g/mol. The minimum Gasteiger partial charge on any atom is -0.328 e. The molecule has 0 spiro atoms. The van der Waals surface area contributed by atoms with Gasteiger partial charge in [0.1, 0.15) is 5.82 Å². The summed E-state index contributed by atoms with van der Waals surface area (Å²) < 4.78 is 1.76. The molecule has 24 heavy (non-hydrogen) atoms. The fourth-order valence-corrected chi connectivity index (χ4v) is 2.49. The Balaban J connectivity index is 1.82. The van der Waals surface area contributed by atoms with E-state index in [4.69, 9.17) is 0 Å². The first kappa shape index (κ1) is 15.7. The van der Waals surface area contributed by atoms with Crippen molar-refractivity contribution >= 4 is 11.7 Å². The molecule has 1 amide bonds. The molecule has 2 N–H and O–H groups in total. The second kappa shape index (κ2) is 6.54. The minimum atomic E-state index is -0.295. The molecule has 3 aromatic rings. The summed E-state index contributed by atoms with van der Waals surface area (Å²) in [5, 5.41) is 7.28. The highest BCUT2D eigenvalue weighted by molar-refractivity contribution is 6.03. The van der Waals surface area contributed by atoms with Gasteiger partial charge < -0.3 is 10.3 Å². The molecule has 0 radical (unpaired) electrons. The first-order valence-electron chi connectivity index (χ1n) is 7.61. The monoisotopic (exact) mass is 322 g/mol. The molecular weight excluding hydrogens is 304 g/mol. The quantitative estimate of drug-likeness (QED) is 0.774. The molecule has 0 aliphatic rings. The van der Waals surface area contributed by atoms with Gasteiger partial charge in [0.05, 0.1) is 17.8 Å². The van der Waals surface area contributed by atoms with Crippen LogP contribution in [0, 0.1) is 13.8 Å². The summed E-state index contributed by atoms with van der Waals surface area (Å²) in [6.07, 6.45) is 1.39. The van der Waals surface area contributed by atoms with Crippen LogP contribution in [0.5, 0.6) is 0 Å². The van der Waals surface area contributed by atoms with Gasteiger partial charge in [-0.2, -0.15) is 5.10 Å². The summed E-state index contributed by atoms with van der Waals surface area (Å²) >= 11 is 0. The highest BCUT2D eigenvalue weighted by Gasteiger charge is 2.11. The van der Waals surface area contributed by atoms with Crippen LogP contribution in [-0.2, 0) is 6.54 Å². The van der Waals surface area contributed by atoms with Crippen LogP contribution in [0.3, 0.4) is 0 Å². The molecule has 3 rings (SSSR count). The summed E-state index contributed by atoms with van der Waals surface area (Å²) in [5.41, 5.74) is 3.25. The SMILES string of the molecule is Cc1cccc(Cn2nc(C)cc2NC(=O)c2ccc(=O)[nH]c2)c1. The molecule has 2 aromatic heterocycles. The zero-order valence-electron chi connectivity index (χ0n) is 13.5. The van der Waals surface area contributed by atoms with Crippen molar-refractivity contribution in [2.45, 2.75) is 20.4 Å². The van der Waals surface area contributed by atoms with Crippen molar-refractivity contribution in [3.05, 3.63) is 81.4 Å². The maximum Gasteiger partial charge on any atom is 0.258 e. The molecule has 0 saturated heterocycles. The third-order valence-corrected chi connectivity index (χ3v) is 3.60. The third-order valence-electron chi connectivity index (χ3n) is 3.60. The van der Waals surface area contributed by atoms with Gasteiger partial charge in [-0.3, -0.25) is 9.59 Å². The molecule has 6 heteroatoms. The van der Waals surface area contributed by atoms with Crippen molar-refractivity contribution in [3.8, 4) is 0 Å². The Hall–Kier alpha value is -3.15. The van der Waals surface area contributed by atoms with Gasteiger partial charge >= 0.3 is 0 Å². The van der Waals surface area contributed by atoms with Crippen molar-refractivity contribution in [2.75, 3.05) is 5.32 Å². The van der Waals surface area contributed by atoms with Crippen molar-refractivity contribution in [1.29, 1.82) is 0 Å². The Morgan fingerprint density at radius 1 is 1.21 bits per heavy atom. The lowest BCUT2D eigenvalue weighted by Gasteiger charge is -2.09. The smallest absolute Gasteiger partial charge is 0.258 e. The molecule has 122 valence electrons. The third kappa shape index (κ3) is 3.60. The van der Waals surface area contributed by atoms with Gasteiger partial charge in [0.15, 0.2) is 0 Å². The Labute approximate surface area is 139 Å². The first-order chi connectivity index (χ1) is 11.5. The average Bonchev–Trinajstić information content (AvgIpc) is 2.87. The van der Waals surface area contributed by atoms with Gasteiger partial charge in [-0.25, -0.2) is 4.68 Å². The lowest BCUT2D eigenvalue weighted by Crippen LogP contribution is -2.17. The number of benzene rings is 1. The molecule has 0 aliphatic heterocycles. The number of carbonyl (C=O) groups excluding carboxylic acids is 1. The van der Waals surface area contributed by atoms with Crippen LogP contribution in [-0.4, -0.2) is 20.7 Å². The normalized spacial score (nSPS) is 10.6. The number of carbonyl (C=O) groups is 1. The largest absolute Gasteiger partial charge is 0.328 e. The summed E-state index contributed by atoms with van der Waals surface area (Å²) in [6, 6.07) is 12.8.